The van der Waals surface area contributed by atoms with Gasteiger partial charge in [-0.2, -0.15) is 0 Å². The Hall–Kier alpha value is -1.25. The van der Waals surface area contributed by atoms with E-state index in [1.165, 1.54) is 5.57 Å². The van der Waals surface area contributed by atoms with Gasteiger partial charge < -0.3 is 4.74 Å². The SMILES string of the molecule is C=CC1COC(=O)N1CCCCC(=C)C. The van der Waals surface area contributed by atoms with E-state index in [4.69, 9.17) is 4.74 Å². The van der Waals surface area contributed by atoms with Gasteiger partial charge in [0.05, 0.1) is 6.04 Å². The quantitative estimate of drug-likeness (QED) is 0.497. The van der Waals surface area contributed by atoms with Crippen molar-refractivity contribution in [2.75, 3.05) is 13.2 Å². The minimum atomic E-state index is -0.213. The van der Waals surface area contributed by atoms with Crippen molar-refractivity contribution in [2.24, 2.45) is 0 Å². The third-order valence-corrected chi connectivity index (χ3v) is 2.54. The number of amides is 1. The van der Waals surface area contributed by atoms with Crippen LogP contribution in [0, 0.1) is 0 Å². The molecule has 3 heteroatoms. The summed E-state index contributed by atoms with van der Waals surface area (Å²) in [6.07, 6.45) is 4.65. The number of unbranched alkanes of at least 4 members (excludes halogenated alkanes) is 1. The molecule has 0 aromatic rings. The molecule has 0 N–H and O–H groups in total. The van der Waals surface area contributed by atoms with Crippen LogP contribution in [-0.2, 0) is 4.74 Å². The molecule has 0 bridgehead atoms. The predicted octanol–water partition coefficient (Wildman–Crippen LogP) is 2.74. The Morgan fingerprint density at radius 1 is 1.67 bits per heavy atom. The van der Waals surface area contributed by atoms with Crippen LogP contribution in [0.25, 0.3) is 0 Å². The van der Waals surface area contributed by atoms with Crippen LogP contribution in [-0.4, -0.2) is 30.2 Å². The number of hydrogen-bond donors (Lipinski definition) is 0. The Morgan fingerprint density at radius 3 is 3.00 bits per heavy atom. The van der Waals surface area contributed by atoms with Gasteiger partial charge in [0, 0.05) is 6.54 Å². The van der Waals surface area contributed by atoms with Gasteiger partial charge in [-0.1, -0.05) is 11.6 Å². The topological polar surface area (TPSA) is 29.5 Å². The molecule has 1 saturated heterocycles. The summed E-state index contributed by atoms with van der Waals surface area (Å²) in [5, 5.41) is 0. The smallest absolute Gasteiger partial charge is 0.410 e. The van der Waals surface area contributed by atoms with Crippen molar-refractivity contribution in [3.63, 3.8) is 0 Å². The summed E-state index contributed by atoms with van der Waals surface area (Å²) < 4.78 is 4.95. The molecule has 0 aliphatic carbocycles. The molecule has 1 fully saturated rings. The zero-order chi connectivity index (χ0) is 11.3. The monoisotopic (exact) mass is 209 g/mol. The highest BCUT2D eigenvalue weighted by molar-refractivity contribution is 5.70. The maximum absolute atomic E-state index is 11.3. The molecule has 1 aliphatic heterocycles. The second-order valence-electron chi connectivity index (χ2n) is 3.99. The summed E-state index contributed by atoms with van der Waals surface area (Å²) in [6.45, 7) is 10.8. The van der Waals surface area contributed by atoms with E-state index in [9.17, 15) is 4.79 Å². The fourth-order valence-corrected chi connectivity index (χ4v) is 1.63. The second kappa shape index (κ2) is 5.59. The fourth-order valence-electron chi connectivity index (χ4n) is 1.63. The van der Waals surface area contributed by atoms with Crippen molar-refractivity contribution in [1.29, 1.82) is 0 Å². The van der Waals surface area contributed by atoms with Crippen LogP contribution in [0.3, 0.4) is 0 Å². The van der Waals surface area contributed by atoms with Crippen molar-refractivity contribution in [3.8, 4) is 0 Å². The lowest BCUT2D eigenvalue weighted by Gasteiger charge is -2.18. The van der Waals surface area contributed by atoms with E-state index in [1.807, 2.05) is 6.92 Å². The zero-order valence-corrected chi connectivity index (χ0v) is 9.37. The van der Waals surface area contributed by atoms with Crippen molar-refractivity contribution in [2.45, 2.75) is 32.2 Å². The summed E-state index contributed by atoms with van der Waals surface area (Å²) >= 11 is 0. The number of carbonyl (C=O) groups is 1. The van der Waals surface area contributed by atoms with Crippen LogP contribution < -0.4 is 0 Å². The molecule has 0 aromatic heterocycles. The van der Waals surface area contributed by atoms with Crippen molar-refractivity contribution >= 4 is 6.09 Å². The maximum atomic E-state index is 11.3. The maximum Gasteiger partial charge on any atom is 0.410 e. The average Bonchev–Trinajstić information content (AvgIpc) is 2.54. The van der Waals surface area contributed by atoms with Crippen molar-refractivity contribution < 1.29 is 9.53 Å². The van der Waals surface area contributed by atoms with Gasteiger partial charge in [-0.15, -0.1) is 13.2 Å². The van der Waals surface area contributed by atoms with Gasteiger partial charge in [-0.05, 0) is 26.2 Å². The highest BCUT2D eigenvalue weighted by Gasteiger charge is 2.29. The molecule has 1 aliphatic rings. The number of carbonyl (C=O) groups excluding carboxylic acids is 1. The van der Waals surface area contributed by atoms with Crippen LogP contribution in [0.4, 0.5) is 4.79 Å². The molecular weight excluding hydrogens is 190 g/mol. The highest BCUT2D eigenvalue weighted by atomic mass is 16.6. The summed E-state index contributed by atoms with van der Waals surface area (Å²) in [5.41, 5.74) is 1.19. The number of allylic oxidation sites excluding steroid dienone is 1. The molecule has 1 amide bonds. The largest absolute Gasteiger partial charge is 0.447 e. The summed E-state index contributed by atoms with van der Waals surface area (Å²) in [6, 6.07) is 0.0577. The van der Waals surface area contributed by atoms with E-state index < -0.39 is 0 Å². The van der Waals surface area contributed by atoms with Gasteiger partial charge in [0.2, 0.25) is 0 Å². The zero-order valence-electron chi connectivity index (χ0n) is 9.37. The van der Waals surface area contributed by atoms with Gasteiger partial charge >= 0.3 is 6.09 Å². The first-order chi connectivity index (χ1) is 7.15. The number of hydrogen-bond acceptors (Lipinski definition) is 2. The summed E-state index contributed by atoms with van der Waals surface area (Å²) in [4.78, 5) is 13.1. The van der Waals surface area contributed by atoms with E-state index >= 15 is 0 Å². The van der Waals surface area contributed by atoms with Crippen molar-refractivity contribution in [3.05, 3.63) is 24.8 Å². The predicted molar refractivity (Wildman–Crippen MR) is 60.7 cm³/mol. The van der Waals surface area contributed by atoms with Gasteiger partial charge in [0.1, 0.15) is 6.61 Å². The van der Waals surface area contributed by atoms with Crippen LogP contribution in [0.2, 0.25) is 0 Å². The van der Waals surface area contributed by atoms with Crippen LogP contribution in [0.15, 0.2) is 24.8 Å². The number of ether oxygens (including phenoxy) is 1. The van der Waals surface area contributed by atoms with Crippen molar-refractivity contribution in [1.82, 2.24) is 4.90 Å². The Balaban J connectivity index is 2.27. The highest BCUT2D eigenvalue weighted by Crippen LogP contribution is 2.15. The molecule has 1 unspecified atom stereocenters. The lowest BCUT2D eigenvalue weighted by molar-refractivity contribution is 0.157. The first kappa shape index (κ1) is 11.8. The van der Waals surface area contributed by atoms with E-state index in [0.29, 0.717) is 6.61 Å². The molecule has 3 nitrogen and oxygen atoms in total. The lowest BCUT2D eigenvalue weighted by atomic mass is 10.1. The summed E-state index contributed by atoms with van der Waals surface area (Å²) in [7, 11) is 0. The van der Waals surface area contributed by atoms with E-state index in [-0.39, 0.29) is 12.1 Å². The molecule has 0 spiro atoms. The Bertz CT molecular complexity index is 260. The van der Waals surface area contributed by atoms with Gasteiger partial charge in [-0.25, -0.2) is 4.79 Å². The standard InChI is InChI=1S/C12H19NO2/c1-4-11-9-15-12(14)13(11)8-6-5-7-10(2)3/h4,11H,1-2,5-9H2,3H3. The third-order valence-electron chi connectivity index (χ3n) is 2.54. The molecule has 1 atom stereocenters. The normalized spacial score (nSPS) is 20.2. The van der Waals surface area contributed by atoms with Gasteiger partial charge in [-0.3, -0.25) is 4.90 Å². The first-order valence-electron chi connectivity index (χ1n) is 5.35. The molecular formula is C12H19NO2. The van der Waals surface area contributed by atoms with Crippen LogP contribution in [0.1, 0.15) is 26.2 Å². The fraction of sp³-hybridized carbons (Fsp3) is 0.583. The molecule has 0 saturated carbocycles. The minimum Gasteiger partial charge on any atom is -0.447 e. The molecule has 0 aromatic carbocycles. The summed E-state index contributed by atoms with van der Waals surface area (Å²) in [5.74, 6) is 0. The third kappa shape index (κ3) is 3.42. The van der Waals surface area contributed by atoms with E-state index in [1.54, 1.807) is 11.0 Å². The Labute approximate surface area is 91.4 Å². The average molecular weight is 209 g/mol. The Morgan fingerprint density at radius 2 is 2.40 bits per heavy atom. The molecule has 15 heavy (non-hydrogen) atoms. The molecule has 0 radical (unpaired) electrons. The van der Waals surface area contributed by atoms with Gasteiger partial charge in [0.25, 0.3) is 0 Å². The van der Waals surface area contributed by atoms with Crippen LogP contribution in [0.5, 0.6) is 0 Å². The number of rotatable bonds is 6. The van der Waals surface area contributed by atoms with Gasteiger partial charge in [0.15, 0.2) is 0 Å². The van der Waals surface area contributed by atoms with E-state index in [2.05, 4.69) is 13.2 Å². The lowest BCUT2D eigenvalue weighted by Crippen LogP contribution is -2.32. The molecule has 1 rings (SSSR count). The Kier molecular flexibility index (Phi) is 4.40. The number of nitrogens with zero attached hydrogens (tertiary/aromatic N) is 1. The number of cyclic esters (lactones) is 1. The van der Waals surface area contributed by atoms with Crippen LogP contribution >= 0.6 is 0 Å². The molecule has 1 heterocycles. The van der Waals surface area contributed by atoms with E-state index in [0.717, 1.165) is 25.8 Å². The second-order valence-corrected chi connectivity index (χ2v) is 3.99. The first-order valence-corrected chi connectivity index (χ1v) is 5.35. The minimum absolute atomic E-state index is 0.0577. The molecule has 84 valence electrons.